The minimum absolute atomic E-state index is 0.142. The van der Waals surface area contributed by atoms with E-state index in [0.717, 1.165) is 16.5 Å². The Morgan fingerprint density at radius 2 is 2.04 bits per heavy atom. The van der Waals surface area contributed by atoms with Crippen LogP contribution in [0.1, 0.15) is 17.3 Å². The van der Waals surface area contributed by atoms with E-state index in [4.69, 9.17) is 0 Å². The molecule has 27 heavy (non-hydrogen) atoms. The van der Waals surface area contributed by atoms with E-state index in [-0.39, 0.29) is 30.8 Å². The van der Waals surface area contributed by atoms with Crippen LogP contribution < -0.4 is 10.6 Å². The Hall–Kier alpha value is -3.48. The highest BCUT2D eigenvalue weighted by molar-refractivity contribution is 5.87. The Morgan fingerprint density at radius 1 is 1.26 bits per heavy atom. The van der Waals surface area contributed by atoms with E-state index in [1.807, 2.05) is 43.4 Å². The number of hydrogen-bond acceptors (Lipinski definition) is 4. The van der Waals surface area contributed by atoms with Crippen molar-refractivity contribution in [1.82, 2.24) is 25.4 Å². The summed E-state index contributed by atoms with van der Waals surface area (Å²) < 4.78 is 1.74. The highest BCUT2D eigenvalue weighted by Crippen LogP contribution is 2.14. The lowest BCUT2D eigenvalue weighted by Crippen LogP contribution is -2.38. The molecule has 2 heterocycles. The molecule has 0 aliphatic heterocycles. The Labute approximate surface area is 157 Å². The molecule has 1 aromatic carbocycles. The summed E-state index contributed by atoms with van der Waals surface area (Å²) in [7, 11) is 1.85. The second-order valence-corrected chi connectivity index (χ2v) is 6.16. The SMILES string of the molecule is C=CC(=O)NC[C@@H](NC(=O)Cc1cc2cnn(C)c2cn1)c1ccccc1. The molecule has 0 aliphatic rings. The molecule has 138 valence electrons. The van der Waals surface area contributed by atoms with Gasteiger partial charge in [-0.15, -0.1) is 0 Å². The maximum atomic E-state index is 12.5. The van der Waals surface area contributed by atoms with Crippen molar-refractivity contribution < 1.29 is 9.59 Å². The number of amides is 2. The van der Waals surface area contributed by atoms with Crippen LogP contribution in [0.25, 0.3) is 10.9 Å². The molecule has 0 aliphatic carbocycles. The molecule has 0 radical (unpaired) electrons. The fourth-order valence-electron chi connectivity index (χ4n) is 2.81. The minimum atomic E-state index is -0.343. The fourth-order valence-corrected chi connectivity index (χ4v) is 2.81. The molecule has 0 unspecified atom stereocenters. The molecule has 1 atom stereocenters. The van der Waals surface area contributed by atoms with Crippen LogP contribution in [0.4, 0.5) is 0 Å². The molecule has 7 heteroatoms. The third-order valence-corrected chi connectivity index (χ3v) is 4.23. The predicted molar refractivity (Wildman–Crippen MR) is 103 cm³/mol. The first-order valence-electron chi connectivity index (χ1n) is 8.58. The van der Waals surface area contributed by atoms with Crippen molar-refractivity contribution in [2.45, 2.75) is 12.5 Å². The molecule has 0 saturated heterocycles. The van der Waals surface area contributed by atoms with Crippen LogP contribution >= 0.6 is 0 Å². The number of benzene rings is 1. The van der Waals surface area contributed by atoms with Crippen molar-refractivity contribution in [1.29, 1.82) is 0 Å². The predicted octanol–water partition coefficient (Wildman–Crippen LogP) is 1.67. The van der Waals surface area contributed by atoms with Gasteiger partial charge in [-0.1, -0.05) is 36.9 Å². The normalized spacial score (nSPS) is 11.7. The second-order valence-electron chi connectivity index (χ2n) is 6.16. The van der Waals surface area contributed by atoms with Gasteiger partial charge in [-0.05, 0) is 17.7 Å². The van der Waals surface area contributed by atoms with Crippen molar-refractivity contribution in [2.75, 3.05) is 6.54 Å². The van der Waals surface area contributed by atoms with Crippen molar-refractivity contribution in [2.24, 2.45) is 7.05 Å². The molecule has 3 aromatic rings. The van der Waals surface area contributed by atoms with Crippen LogP contribution in [0.2, 0.25) is 0 Å². The first-order chi connectivity index (χ1) is 13.1. The number of carbonyl (C=O) groups excluding carboxylic acids is 2. The van der Waals surface area contributed by atoms with Crippen molar-refractivity contribution in [3.63, 3.8) is 0 Å². The third-order valence-electron chi connectivity index (χ3n) is 4.23. The van der Waals surface area contributed by atoms with Gasteiger partial charge < -0.3 is 10.6 Å². The Balaban J connectivity index is 1.70. The summed E-state index contributed by atoms with van der Waals surface area (Å²) >= 11 is 0. The number of aromatic nitrogens is 3. The summed E-state index contributed by atoms with van der Waals surface area (Å²) in [4.78, 5) is 28.4. The van der Waals surface area contributed by atoms with Gasteiger partial charge in [0.15, 0.2) is 0 Å². The molecule has 2 amide bonds. The molecule has 0 saturated carbocycles. The maximum absolute atomic E-state index is 12.5. The van der Waals surface area contributed by atoms with E-state index in [1.165, 1.54) is 6.08 Å². The Morgan fingerprint density at radius 3 is 2.78 bits per heavy atom. The minimum Gasteiger partial charge on any atom is -0.350 e. The van der Waals surface area contributed by atoms with Crippen LogP contribution in [0, 0.1) is 0 Å². The zero-order valence-electron chi connectivity index (χ0n) is 15.1. The highest BCUT2D eigenvalue weighted by Gasteiger charge is 2.16. The lowest BCUT2D eigenvalue weighted by Gasteiger charge is -2.19. The zero-order valence-corrected chi connectivity index (χ0v) is 15.1. The largest absolute Gasteiger partial charge is 0.350 e. The summed E-state index contributed by atoms with van der Waals surface area (Å²) in [6.45, 7) is 3.71. The maximum Gasteiger partial charge on any atom is 0.243 e. The van der Waals surface area contributed by atoms with Gasteiger partial charge in [-0.2, -0.15) is 5.10 Å². The molecule has 2 aromatic heterocycles. The summed E-state index contributed by atoms with van der Waals surface area (Å²) in [6.07, 6.45) is 4.81. The van der Waals surface area contributed by atoms with E-state index < -0.39 is 0 Å². The smallest absolute Gasteiger partial charge is 0.243 e. The Bertz CT molecular complexity index is 965. The van der Waals surface area contributed by atoms with Gasteiger partial charge in [-0.3, -0.25) is 19.3 Å². The van der Waals surface area contributed by atoms with Crippen molar-refractivity contribution >= 4 is 22.7 Å². The Kier molecular flexibility index (Phi) is 5.61. The number of carbonyl (C=O) groups is 2. The van der Waals surface area contributed by atoms with Gasteiger partial charge in [0.1, 0.15) is 0 Å². The van der Waals surface area contributed by atoms with Crippen molar-refractivity contribution in [3.8, 4) is 0 Å². The number of pyridine rings is 1. The number of rotatable bonds is 7. The standard InChI is InChI=1S/C20H21N5O2/c1-3-19(26)22-12-17(14-7-5-4-6-8-14)24-20(27)10-16-9-15-11-23-25(2)18(15)13-21-16/h3-9,11,13,17H,1,10,12H2,2H3,(H,22,26)(H,24,27)/t17-/m1/s1. The molecule has 3 rings (SSSR count). The first-order valence-corrected chi connectivity index (χ1v) is 8.58. The molecule has 7 nitrogen and oxygen atoms in total. The highest BCUT2D eigenvalue weighted by atomic mass is 16.2. The van der Waals surface area contributed by atoms with E-state index in [0.29, 0.717) is 5.69 Å². The van der Waals surface area contributed by atoms with Crippen LogP contribution in [0.15, 0.2) is 61.4 Å². The van der Waals surface area contributed by atoms with E-state index >= 15 is 0 Å². The van der Waals surface area contributed by atoms with Gasteiger partial charge in [0, 0.05) is 19.0 Å². The fraction of sp³-hybridized carbons (Fsp3) is 0.200. The summed E-state index contributed by atoms with van der Waals surface area (Å²) in [5.41, 5.74) is 2.48. The molecule has 0 spiro atoms. The van der Waals surface area contributed by atoms with Crippen LogP contribution in [0.5, 0.6) is 0 Å². The van der Waals surface area contributed by atoms with E-state index in [9.17, 15) is 9.59 Å². The zero-order chi connectivity index (χ0) is 19.2. The average Bonchev–Trinajstić information content (AvgIpc) is 3.05. The average molecular weight is 363 g/mol. The third kappa shape index (κ3) is 4.58. The van der Waals surface area contributed by atoms with Gasteiger partial charge >= 0.3 is 0 Å². The molecular weight excluding hydrogens is 342 g/mol. The second kappa shape index (κ2) is 8.27. The number of nitrogens with one attached hydrogen (secondary N) is 2. The van der Waals surface area contributed by atoms with Gasteiger partial charge in [0.2, 0.25) is 11.8 Å². The monoisotopic (exact) mass is 363 g/mol. The molecule has 0 fully saturated rings. The summed E-state index contributed by atoms with van der Waals surface area (Å²) in [6, 6.07) is 11.0. The van der Waals surface area contributed by atoms with Gasteiger partial charge in [0.05, 0.1) is 36.1 Å². The van der Waals surface area contributed by atoms with E-state index in [1.54, 1.807) is 17.1 Å². The topological polar surface area (TPSA) is 88.9 Å². The molecule has 0 bridgehead atoms. The van der Waals surface area contributed by atoms with Crippen LogP contribution in [0.3, 0.4) is 0 Å². The number of hydrogen-bond donors (Lipinski definition) is 2. The lowest BCUT2D eigenvalue weighted by molar-refractivity contribution is -0.122. The van der Waals surface area contributed by atoms with Crippen LogP contribution in [-0.2, 0) is 23.1 Å². The van der Waals surface area contributed by atoms with Gasteiger partial charge in [-0.25, -0.2) is 0 Å². The molecular formula is C20H21N5O2. The number of nitrogens with zero attached hydrogens (tertiary/aromatic N) is 3. The van der Waals surface area contributed by atoms with E-state index in [2.05, 4.69) is 27.3 Å². The van der Waals surface area contributed by atoms with Crippen LogP contribution in [-0.4, -0.2) is 33.1 Å². The summed E-state index contributed by atoms with van der Waals surface area (Å²) in [5, 5.41) is 10.8. The van der Waals surface area contributed by atoms with Crippen molar-refractivity contribution in [3.05, 3.63) is 72.7 Å². The first kappa shape index (κ1) is 18.3. The molecule has 2 N–H and O–H groups in total. The quantitative estimate of drug-likeness (QED) is 0.625. The lowest BCUT2D eigenvalue weighted by atomic mass is 10.1. The summed E-state index contributed by atoms with van der Waals surface area (Å²) in [5.74, 6) is -0.457. The number of fused-ring (bicyclic) bond motifs is 1. The number of aryl methyl sites for hydroxylation is 1. The van der Waals surface area contributed by atoms with Gasteiger partial charge in [0.25, 0.3) is 0 Å².